The summed E-state index contributed by atoms with van der Waals surface area (Å²) in [5, 5.41) is 5.09. The smallest absolute Gasteiger partial charge is 0.328 e. The molecule has 1 aliphatic rings. The summed E-state index contributed by atoms with van der Waals surface area (Å²) in [6.45, 7) is 7.92. The van der Waals surface area contributed by atoms with Gasteiger partial charge < -0.3 is 14.8 Å². The molecule has 1 saturated heterocycles. The molecule has 37 heavy (non-hydrogen) atoms. The number of ether oxygens (including phenoxy) is 2. The van der Waals surface area contributed by atoms with Crippen LogP contribution in [0, 0.1) is 0 Å². The monoisotopic (exact) mass is 509 g/mol. The lowest BCUT2D eigenvalue weighted by molar-refractivity contribution is -0.142. The zero-order chi connectivity index (χ0) is 27.3. The fourth-order valence-corrected chi connectivity index (χ4v) is 3.91. The predicted molar refractivity (Wildman–Crippen MR) is 137 cm³/mol. The number of ketones is 1. The molecular formula is C27H31N3O7. The Hall–Kier alpha value is -4.21. The summed E-state index contributed by atoms with van der Waals surface area (Å²) in [6.07, 6.45) is -0.222. The number of carbonyl (C=O) groups excluding carboxylic acids is 5. The molecule has 0 unspecified atom stereocenters. The van der Waals surface area contributed by atoms with E-state index in [-0.39, 0.29) is 43.2 Å². The molecule has 2 aromatic rings. The minimum atomic E-state index is -0.599. The molecular weight excluding hydrogens is 478 g/mol. The topological polar surface area (TPSA) is 131 Å². The van der Waals surface area contributed by atoms with Crippen LogP contribution < -0.4 is 20.3 Å². The second-order valence-electron chi connectivity index (χ2n) is 9.52. The summed E-state index contributed by atoms with van der Waals surface area (Å²) in [5.74, 6) is -1.46. The van der Waals surface area contributed by atoms with E-state index in [0.29, 0.717) is 28.3 Å². The highest BCUT2D eigenvalue weighted by atomic mass is 16.5. The number of anilines is 2. The Labute approximate surface area is 215 Å². The van der Waals surface area contributed by atoms with Gasteiger partial charge in [-0.15, -0.1) is 0 Å². The van der Waals surface area contributed by atoms with E-state index in [2.05, 4.69) is 10.6 Å². The number of esters is 1. The van der Waals surface area contributed by atoms with Gasteiger partial charge in [0.05, 0.1) is 19.3 Å². The molecule has 196 valence electrons. The fourth-order valence-electron chi connectivity index (χ4n) is 3.91. The highest BCUT2D eigenvalue weighted by molar-refractivity contribution is 6.10. The van der Waals surface area contributed by atoms with Crippen LogP contribution in [-0.4, -0.2) is 49.9 Å². The van der Waals surface area contributed by atoms with E-state index in [1.807, 2.05) is 20.8 Å². The van der Waals surface area contributed by atoms with Crippen molar-refractivity contribution >= 4 is 41.0 Å². The van der Waals surface area contributed by atoms with Crippen LogP contribution in [0.25, 0.3) is 0 Å². The van der Waals surface area contributed by atoms with Gasteiger partial charge in [0.25, 0.3) is 5.91 Å². The minimum Gasteiger partial charge on any atom is -0.496 e. The summed E-state index contributed by atoms with van der Waals surface area (Å²) in [5.41, 5.74) is 1.68. The third kappa shape index (κ3) is 6.52. The molecule has 10 nitrogen and oxygen atoms in total. The SMILES string of the molecule is CCOC(=O)CC(=O)c1ccc(NC(=O)c2cc(N3CCC(=O)NC3=O)cc(C(C)(C)C)c2OC)cc1. The number of benzene rings is 2. The van der Waals surface area contributed by atoms with Gasteiger partial charge in [0.2, 0.25) is 5.91 Å². The number of urea groups is 1. The third-order valence-corrected chi connectivity index (χ3v) is 5.77. The second kappa shape index (κ2) is 11.2. The van der Waals surface area contributed by atoms with Gasteiger partial charge in [-0.1, -0.05) is 20.8 Å². The van der Waals surface area contributed by atoms with Gasteiger partial charge in [0.1, 0.15) is 12.2 Å². The highest BCUT2D eigenvalue weighted by Gasteiger charge is 2.30. The van der Waals surface area contributed by atoms with Crippen LogP contribution in [0.15, 0.2) is 36.4 Å². The Kier molecular flexibility index (Phi) is 8.31. The number of hydrogen-bond acceptors (Lipinski definition) is 7. The Morgan fingerprint density at radius 2 is 1.76 bits per heavy atom. The van der Waals surface area contributed by atoms with Crippen molar-refractivity contribution in [1.29, 1.82) is 0 Å². The molecule has 3 rings (SSSR count). The van der Waals surface area contributed by atoms with E-state index in [0.717, 1.165) is 0 Å². The van der Waals surface area contributed by atoms with Gasteiger partial charge in [-0.05, 0) is 48.7 Å². The van der Waals surface area contributed by atoms with Crippen molar-refractivity contribution < 1.29 is 33.4 Å². The molecule has 10 heteroatoms. The Balaban J connectivity index is 1.91. The lowest BCUT2D eigenvalue weighted by atomic mass is 9.84. The first-order valence-electron chi connectivity index (χ1n) is 11.9. The van der Waals surface area contributed by atoms with E-state index in [1.165, 1.54) is 24.1 Å². The van der Waals surface area contributed by atoms with Gasteiger partial charge in [0.15, 0.2) is 5.78 Å². The van der Waals surface area contributed by atoms with Gasteiger partial charge in [-0.2, -0.15) is 0 Å². The number of Topliss-reactive ketones (excluding diaryl/α,β-unsaturated/α-hetero) is 1. The van der Waals surface area contributed by atoms with Crippen LogP contribution in [0.4, 0.5) is 16.2 Å². The van der Waals surface area contributed by atoms with Crippen molar-refractivity contribution in [1.82, 2.24) is 5.32 Å². The first-order chi connectivity index (χ1) is 17.4. The van der Waals surface area contributed by atoms with Crippen molar-refractivity contribution in [3.8, 4) is 5.75 Å². The number of amides is 4. The number of methoxy groups -OCH3 is 1. The minimum absolute atomic E-state index is 0.144. The molecule has 0 saturated carbocycles. The number of imide groups is 1. The van der Waals surface area contributed by atoms with Crippen LogP contribution in [0.1, 0.15) is 66.8 Å². The molecule has 0 spiro atoms. The highest BCUT2D eigenvalue weighted by Crippen LogP contribution is 2.38. The summed E-state index contributed by atoms with van der Waals surface area (Å²) in [4.78, 5) is 62.8. The van der Waals surface area contributed by atoms with Crippen molar-refractivity contribution in [2.75, 3.05) is 30.5 Å². The summed E-state index contributed by atoms with van der Waals surface area (Å²) in [7, 11) is 1.47. The van der Waals surface area contributed by atoms with Crippen LogP contribution in [-0.2, 0) is 19.7 Å². The van der Waals surface area contributed by atoms with Crippen LogP contribution in [0.5, 0.6) is 5.75 Å². The molecule has 2 aromatic carbocycles. The van der Waals surface area contributed by atoms with Crippen LogP contribution in [0.2, 0.25) is 0 Å². The molecule has 0 aromatic heterocycles. The number of rotatable bonds is 8. The van der Waals surface area contributed by atoms with Gasteiger partial charge in [0, 0.05) is 35.5 Å². The standard InChI is InChI=1S/C27H31N3O7/c1-6-37-23(33)15-21(31)16-7-9-17(10-8-16)28-25(34)19-13-18(30-12-11-22(32)29-26(30)35)14-20(24(19)36-5)27(2,3)4/h7-10,13-14H,6,11-12,15H2,1-5H3,(H,28,34)(H,29,32,35). The lowest BCUT2D eigenvalue weighted by Crippen LogP contribution is -2.49. The molecule has 4 amide bonds. The van der Waals surface area contributed by atoms with Crippen molar-refractivity contribution in [2.24, 2.45) is 0 Å². The zero-order valence-electron chi connectivity index (χ0n) is 21.6. The molecule has 0 aliphatic carbocycles. The molecule has 1 fully saturated rings. The summed E-state index contributed by atoms with van der Waals surface area (Å²) in [6, 6.07) is 8.92. The Bertz CT molecular complexity index is 1230. The molecule has 1 aliphatic heterocycles. The van der Waals surface area contributed by atoms with Gasteiger partial charge in [-0.3, -0.25) is 29.4 Å². The number of hydrogen-bond donors (Lipinski definition) is 2. The zero-order valence-corrected chi connectivity index (χ0v) is 21.6. The number of nitrogens with one attached hydrogen (secondary N) is 2. The number of nitrogens with zero attached hydrogens (tertiary/aromatic N) is 1. The molecule has 2 N–H and O–H groups in total. The van der Waals surface area contributed by atoms with Crippen molar-refractivity contribution in [3.05, 3.63) is 53.1 Å². The molecule has 0 bridgehead atoms. The Morgan fingerprint density at radius 1 is 1.08 bits per heavy atom. The predicted octanol–water partition coefficient (Wildman–Crippen LogP) is 3.83. The Morgan fingerprint density at radius 3 is 2.32 bits per heavy atom. The average Bonchev–Trinajstić information content (AvgIpc) is 2.83. The van der Waals surface area contributed by atoms with E-state index in [1.54, 1.807) is 31.2 Å². The largest absolute Gasteiger partial charge is 0.496 e. The van der Waals surface area contributed by atoms with Gasteiger partial charge in [-0.25, -0.2) is 4.79 Å². The summed E-state index contributed by atoms with van der Waals surface area (Å²) >= 11 is 0. The molecule has 0 atom stereocenters. The molecule has 1 heterocycles. The van der Waals surface area contributed by atoms with E-state index >= 15 is 0 Å². The van der Waals surface area contributed by atoms with Crippen molar-refractivity contribution in [3.63, 3.8) is 0 Å². The average molecular weight is 510 g/mol. The summed E-state index contributed by atoms with van der Waals surface area (Å²) < 4.78 is 10.4. The quantitative estimate of drug-likeness (QED) is 0.314. The van der Waals surface area contributed by atoms with Crippen LogP contribution >= 0.6 is 0 Å². The van der Waals surface area contributed by atoms with E-state index < -0.39 is 23.3 Å². The number of carbonyl (C=O) groups is 5. The van der Waals surface area contributed by atoms with Crippen LogP contribution in [0.3, 0.4) is 0 Å². The first-order valence-corrected chi connectivity index (χ1v) is 11.9. The third-order valence-electron chi connectivity index (χ3n) is 5.77. The molecule has 0 radical (unpaired) electrons. The fraction of sp³-hybridized carbons (Fsp3) is 0.370. The first kappa shape index (κ1) is 27.4. The second-order valence-corrected chi connectivity index (χ2v) is 9.52. The maximum atomic E-state index is 13.4. The van der Waals surface area contributed by atoms with Gasteiger partial charge >= 0.3 is 12.0 Å². The van der Waals surface area contributed by atoms with Crippen molar-refractivity contribution in [2.45, 2.75) is 46.0 Å². The lowest BCUT2D eigenvalue weighted by Gasteiger charge is -2.30. The van der Waals surface area contributed by atoms with E-state index in [9.17, 15) is 24.0 Å². The maximum absolute atomic E-state index is 13.4. The normalized spacial score (nSPS) is 13.6. The maximum Gasteiger partial charge on any atom is 0.328 e. The van der Waals surface area contributed by atoms with E-state index in [4.69, 9.17) is 9.47 Å².